The molecule has 2 aliphatic rings. The molecule has 6 aromatic heterocycles. The van der Waals surface area contributed by atoms with Gasteiger partial charge < -0.3 is 10.8 Å². The Balaban J connectivity index is 0.000000121. The number of imidazole rings is 3. The molecule has 3 N–H and O–H groups in total. The van der Waals surface area contributed by atoms with E-state index in [4.69, 9.17) is 10.7 Å². The summed E-state index contributed by atoms with van der Waals surface area (Å²) in [6.07, 6.45) is 10.9. The third-order valence-corrected chi connectivity index (χ3v) is 13.8. The van der Waals surface area contributed by atoms with E-state index in [2.05, 4.69) is 45.5 Å². The summed E-state index contributed by atoms with van der Waals surface area (Å²) < 4.78 is 6.02. The van der Waals surface area contributed by atoms with Crippen molar-refractivity contribution in [1.82, 2.24) is 38.0 Å². The van der Waals surface area contributed by atoms with Crippen LogP contribution in [0, 0.1) is 20.2 Å². The maximum atomic E-state index is 11.2. The third kappa shape index (κ3) is 8.97. The Bertz CT molecular complexity index is 3040. The number of nitro benzene ring substituents is 2. The van der Waals surface area contributed by atoms with E-state index in [1.807, 2.05) is 35.8 Å². The molecule has 2 aliphatic heterocycles. The van der Waals surface area contributed by atoms with Crippen molar-refractivity contribution in [1.29, 1.82) is 0 Å². The standard InChI is InChI=1S/C16H16N4O2S.C16H18N4S.C12H9N3O3S/c21-20(22)15-6-2-1-5-13(15)14-10-19-12(11-23-16(19)17-14)9-18-7-3-4-8-18;17-14-6-2-1-5-13(14)15-10-20-12(11-21-16(20)18-15)9-19-7-3-4-8-19;16-6-8-7-19-12-13-10(5-14(8)12)9-3-1-2-4-11(9)15(17)18/h1-2,5-6,10-11H,3-4,7-9H2;1-2,5-6,10-11H,3-4,7-9,17H2;1-5,7,16H,6H2. The Morgan fingerprint density at radius 2 is 0.921 bits per heavy atom. The zero-order valence-corrected chi connectivity index (χ0v) is 36.5. The average Bonchev–Trinajstić information content (AvgIpc) is 4.15. The van der Waals surface area contributed by atoms with Crippen molar-refractivity contribution in [2.24, 2.45) is 0 Å². The van der Waals surface area contributed by atoms with Crippen LogP contribution in [-0.4, -0.2) is 79.1 Å². The Labute approximate surface area is 373 Å². The van der Waals surface area contributed by atoms with Gasteiger partial charge in [-0.3, -0.25) is 43.2 Å². The molecule has 0 bridgehead atoms. The lowest BCUT2D eigenvalue weighted by Crippen LogP contribution is -2.19. The highest BCUT2D eigenvalue weighted by Crippen LogP contribution is 2.33. The summed E-state index contributed by atoms with van der Waals surface area (Å²) in [7, 11) is 0. The smallest absolute Gasteiger partial charge is 0.278 e. The first-order chi connectivity index (χ1) is 30.7. The molecule has 9 aromatic rings. The van der Waals surface area contributed by atoms with E-state index >= 15 is 0 Å². The van der Waals surface area contributed by atoms with Gasteiger partial charge in [-0.1, -0.05) is 42.5 Å². The van der Waals surface area contributed by atoms with Crippen molar-refractivity contribution >= 4 is 66.0 Å². The van der Waals surface area contributed by atoms with Crippen LogP contribution in [0.5, 0.6) is 0 Å². The number of para-hydroxylation sites is 3. The van der Waals surface area contributed by atoms with Crippen molar-refractivity contribution in [3.8, 4) is 33.8 Å². The second-order valence-corrected chi connectivity index (χ2v) is 17.8. The Hall–Kier alpha value is -6.35. The fourth-order valence-corrected chi connectivity index (χ4v) is 10.6. The molecule has 3 aromatic carbocycles. The van der Waals surface area contributed by atoms with Crippen molar-refractivity contribution in [2.45, 2.75) is 45.4 Å². The second kappa shape index (κ2) is 18.6. The SMILES string of the molecule is Nc1ccccc1-c1cn2c(CN3CCCC3)csc2n1.O=[N+]([O-])c1ccccc1-c1cn2c(CN3CCCC3)csc2n1.O=[N+]([O-])c1ccccc1-c1cn2c(CO)csc2n1. The van der Waals surface area contributed by atoms with Gasteiger partial charge in [0.1, 0.15) is 0 Å². The number of benzene rings is 3. The molecule has 11 rings (SSSR count). The lowest BCUT2D eigenvalue weighted by molar-refractivity contribution is -0.384. The number of fused-ring (bicyclic) bond motifs is 3. The maximum absolute atomic E-state index is 11.2. The number of nitrogen functional groups attached to an aromatic ring is 1. The number of hydrogen-bond donors (Lipinski definition) is 2. The zero-order chi connectivity index (χ0) is 43.5. The molecular formula is C44H43N11O5S3. The summed E-state index contributed by atoms with van der Waals surface area (Å²) in [6.45, 7) is 6.54. The molecule has 2 saturated heterocycles. The number of likely N-dealkylation sites (tertiary alicyclic amines) is 2. The summed E-state index contributed by atoms with van der Waals surface area (Å²) in [6, 6.07) is 21.2. The molecule has 0 amide bonds. The summed E-state index contributed by atoms with van der Waals surface area (Å²) in [5, 5.41) is 37.6. The molecule has 0 atom stereocenters. The van der Waals surface area contributed by atoms with Gasteiger partial charge in [0.05, 0.1) is 50.4 Å². The van der Waals surface area contributed by atoms with Gasteiger partial charge in [0.15, 0.2) is 14.9 Å². The van der Waals surface area contributed by atoms with Crippen LogP contribution in [0.3, 0.4) is 0 Å². The van der Waals surface area contributed by atoms with Crippen molar-refractivity contribution in [3.63, 3.8) is 0 Å². The molecular weight excluding hydrogens is 859 g/mol. The van der Waals surface area contributed by atoms with Crippen LogP contribution in [-0.2, 0) is 19.7 Å². The third-order valence-electron chi connectivity index (χ3n) is 11.2. The summed E-state index contributed by atoms with van der Waals surface area (Å²) >= 11 is 4.68. The van der Waals surface area contributed by atoms with Crippen molar-refractivity contribution in [3.05, 3.63) is 145 Å². The van der Waals surface area contributed by atoms with Gasteiger partial charge in [-0.15, -0.1) is 34.0 Å². The topological polar surface area (TPSA) is 191 Å². The van der Waals surface area contributed by atoms with Gasteiger partial charge in [0, 0.05) is 82.6 Å². The van der Waals surface area contributed by atoms with Gasteiger partial charge in [0.25, 0.3) is 11.4 Å². The number of anilines is 1. The molecule has 63 heavy (non-hydrogen) atoms. The van der Waals surface area contributed by atoms with Gasteiger partial charge in [-0.2, -0.15) is 0 Å². The first-order valence-electron chi connectivity index (χ1n) is 20.5. The van der Waals surface area contributed by atoms with E-state index in [1.54, 1.807) is 69.7 Å². The molecule has 0 saturated carbocycles. The Morgan fingerprint density at radius 3 is 1.33 bits per heavy atom. The summed E-state index contributed by atoms with van der Waals surface area (Å²) in [5.41, 5.74) is 14.4. The highest BCUT2D eigenvalue weighted by Gasteiger charge is 2.21. The number of nitrogens with zero attached hydrogens (tertiary/aromatic N) is 10. The van der Waals surface area contributed by atoms with E-state index in [-0.39, 0.29) is 22.9 Å². The molecule has 2 fully saturated rings. The van der Waals surface area contributed by atoms with Crippen LogP contribution in [0.4, 0.5) is 17.1 Å². The molecule has 19 heteroatoms. The molecule has 0 unspecified atom stereocenters. The number of rotatable bonds is 10. The lowest BCUT2D eigenvalue weighted by atomic mass is 10.1. The maximum Gasteiger partial charge on any atom is 0.278 e. The minimum atomic E-state index is -0.421. The Kier molecular flexibility index (Phi) is 12.4. The predicted octanol–water partition coefficient (Wildman–Crippen LogP) is 9.27. The summed E-state index contributed by atoms with van der Waals surface area (Å²) in [5.74, 6) is 0. The summed E-state index contributed by atoms with van der Waals surface area (Å²) in [4.78, 5) is 42.7. The normalized spacial score (nSPS) is 14.3. The van der Waals surface area contributed by atoms with Crippen molar-refractivity contribution in [2.75, 3.05) is 31.9 Å². The highest BCUT2D eigenvalue weighted by atomic mass is 32.1. The van der Waals surface area contributed by atoms with E-state index < -0.39 is 4.92 Å². The first kappa shape index (κ1) is 42.0. The van der Waals surface area contributed by atoms with E-state index in [0.29, 0.717) is 27.5 Å². The van der Waals surface area contributed by atoms with Gasteiger partial charge in [-0.05, 0) is 70.1 Å². The van der Waals surface area contributed by atoms with Gasteiger partial charge >= 0.3 is 0 Å². The highest BCUT2D eigenvalue weighted by molar-refractivity contribution is 7.15. The van der Waals surface area contributed by atoms with Crippen LogP contribution in [0.1, 0.15) is 42.8 Å². The Morgan fingerprint density at radius 1 is 0.556 bits per heavy atom. The zero-order valence-electron chi connectivity index (χ0n) is 34.0. The van der Waals surface area contributed by atoms with Gasteiger partial charge in [0.2, 0.25) is 0 Å². The first-order valence-corrected chi connectivity index (χ1v) is 23.1. The van der Waals surface area contributed by atoms with Crippen LogP contribution >= 0.6 is 34.0 Å². The fourth-order valence-electron chi connectivity index (χ4n) is 7.99. The molecule has 8 heterocycles. The largest absolute Gasteiger partial charge is 0.398 e. The predicted molar refractivity (Wildman–Crippen MR) is 248 cm³/mol. The number of thiazole rings is 3. The molecule has 322 valence electrons. The number of aliphatic hydroxyl groups excluding tert-OH is 1. The molecule has 0 aliphatic carbocycles. The quantitative estimate of drug-likeness (QED) is 0.0756. The lowest BCUT2D eigenvalue weighted by Gasteiger charge is -2.13. The fraction of sp³-hybridized carbons (Fsp3) is 0.250. The minimum absolute atomic E-state index is 0.0267. The average molecular weight is 902 g/mol. The second-order valence-electron chi connectivity index (χ2n) is 15.3. The number of nitro groups is 2. The van der Waals surface area contributed by atoms with Crippen LogP contribution in [0.15, 0.2) is 108 Å². The minimum Gasteiger partial charge on any atom is -0.398 e. The molecule has 16 nitrogen and oxygen atoms in total. The number of hydrogen-bond acceptors (Lipinski definition) is 14. The molecule has 0 radical (unpaired) electrons. The van der Waals surface area contributed by atoms with Crippen LogP contribution in [0.2, 0.25) is 0 Å². The monoisotopic (exact) mass is 901 g/mol. The van der Waals surface area contributed by atoms with Crippen LogP contribution in [0.25, 0.3) is 48.7 Å². The molecule has 0 spiro atoms. The van der Waals surface area contributed by atoms with E-state index in [9.17, 15) is 25.3 Å². The van der Waals surface area contributed by atoms with E-state index in [1.165, 1.54) is 73.6 Å². The number of aromatic nitrogens is 6. The van der Waals surface area contributed by atoms with Crippen molar-refractivity contribution < 1.29 is 15.0 Å². The van der Waals surface area contributed by atoms with E-state index in [0.717, 1.165) is 58.7 Å². The number of aliphatic hydroxyl groups is 1. The van der Waals surface area contributed by atoms with Gasteiger partial charge in [-0.25, -0.2) is 15.0 Å². The number of nitrogens with two attached hydrogens (primary N) is 1. The van der Waals surface area contributed by atoms with Crippen LogP contribution < -0.4 is 5.73 Å².